The molecule has 5 nitrogen and oxygen atoms in total. The van der Waals surface area contributed by atoms with Crippen LogP contribution in [-0.2, 0) is 7.05 Å². The monoisotopic (exact) mass is 341 g/mol. The summed E-state index contributed by atoms with van der Waals surface area (Å²) in [6.45, 7) is 3.92. The van der Waals surface area contributed by atoms with Crippen LogP contribution in [0, 0.1) is 6.92 Å². The van der Waals surface area contributed by atoms with Crippen LogP contribution in [-0.4, -0.2) is 32.8 Å². The fourth-order valence-electron chi connectivity index (χ4n) is 3.53. The molecule has 3 heterocycles. The normalized spacial score (nSPS) is 18.3. The van der Waals surface area contributed by atoms with Crippen molar-refractivity contribution >= 4 is 28.5 Å². The van der Waals surface area contributed by atoms with Crippen LogP contribution in [0.5, 0.6) is 0 Å². The van der Waals surface area contributed by atoms with Gasteiger partial charge in [-0.1, -0.05) is 23.7 Å². The summed E-state index contributed by atoms with van der Waals surface area (Å²) in [6, 6.07) is 8.23. The van der Waals surface area contributed by atoms with Gasteiger partial charge in [0, 0.05) is 31.1 Å². The number of benzene rings is 1. The quantitative estimate of drug-likeness (QED) is 0.713. The zero-order chi connectivity index (χ0) is 16.7. The van der Waals surface area contributed by atoms with Crippen molar-refractivity contribution in [2.24, 2.45) is 7.05 Å². The summed E-state index contributed by atoms with van der Waals surface area (Å²) in [5, 5.41) is 6.17. The van der Waals surface area contributed by atoms with Crippen LogP contribution in [0.4, 0.5) is 5.82 Å². The number of rotatable bonds is 2. The minimum absolute atomic E-state index is 0.498. The van der Waals surface area contributed by atoms with E-state index < -0.39 is 0 Å². The third-order valence-corrected chi connectivity index (χ3v) is 5.00. The summed E-state index contributed by atoms with van der Waals surface area (Å²) < 4.78 is 1.81. The lowest BCUT2D eigenvalue weighted by atomic mass is 9.90. The second-order valence-corrected chi connectivity index (χ2v) is 6.87. The lowest BCUT2D eigenvalue weighted by Crippen LogP contribution is -2.35. The molecule has 1 aliphatic rings. The lowest BCUT2D eigenvalue weighted by Gasteiger charge is -2.34. The summed E-state index contributed by atoms with van der Waals surface area (Å²) in [4.78, 5) is 11.6. The molecule has 1 aromatic carbocycles. The average Bonchev–Trinajstić information content (AvgIpc) is 2.96. The van der Waals surface area contributed by atoms with Gasteiger partial charge in [-0.05, 0) is 37.5 Å². The first-order valence-corrected chi connectivity index (χ1v) is 8.66. The van der Waals surface area contributed by atoms with Crippen molar-refractivity contribution in [3.8, 4) is 0 Å². The van der Waals surface area contributed by atoms with E-state index in [1.54, 1.807) is 0 Å². The second kappa shape index (κ2) is 6.06. The van der Waals surface area contributed by atoms with Crippen LogP contribution in [0.25, 0.3) is 11.0 Å². The fourth-order valence-corrected chi connectivity index (χ4v) is 3.66. The highest BCUT2D eigenvalue weighted by Gasteiger charge is 2.24. The molecule has 124 valence electrons. The molecule has 0 radical (unpaired) electrons. The van der Waals surface area contributed by atoms with E-state index in [0.717, 1.165) is 47.2 Å². The number of aryl methyl sites for hydroxylation is 2. The van der Waals surface area contributed by atoms with Crippen molar-refractivity contribution in [3.05, 3.63) is 46.9 Å². The van der Waals surface area contributed by atoms with Crippen molar-refractivity contribution in [1.29, 1.82) is 0 Å². The largest absolute Gasteiger partial charge is 0.355 e. The summed E-state index contributed by atoms with van der Waals surface area (Å²) in [5.74, 6) is 2.29. The maximum absolute atomic E-state index is 6.02. The average molecular weight is 342 g/mol. The standard InChI is InChI=1S/C18H20ClN5/c1-12-21-17-16(10-20-23(17)2)18(22-12)24-9-3-4-14(11-24)13-5-7-15(19)8-6-13/h5-8,10,14H,3-4,9,11H2,1-2H3/t14-/m0/s1. The van der Waals surface area contributed by atoms with Gasteiger partial charge >= 0.3 is 0 Å². The highest BCUT2D eigenvalue weighted by atomic mass is 35.5. The van der Waals surface area contributed by atoms with Gasteiger partial charge in [0.15, 0.2) is 5.65 Å². The van der Waals surface area contributed by atoms with E-state index in [1.807, 2.05) is 37.0 Å². The number of hydrogen-bond acceptors (Lipinski definition) is 4. The summed E-state index contributed by atoms with van der Waals surface area (Å²) in [5.41, 5.74) is 2.24. The predicted octanol–water partition coefficient (Wildman–Crippen LogP) is 3.71. The molecular formula is C18H20ClN5. The summed E-state index contributed by atoms with van der Waals surface area (Å²) >= 11 is 6.02. The molecule has 3 aromatic rings. The Kier molecular flexibility index (Phi) is 3.88. The molecule has 4 rings (SSSR count). The van der Waals surface area contributed by atoms with Gasteiger partial charge in [-0.25, -0.2) is 9.97 Å². The number of piperidine rings is 1. The van der Waals surface area contributed by atoms with Gasteiger partial charge in [-0.2, -0.15) is 5.10 Å². The van der Waals surface area contributed by atoms with E-state index in [9.17, 15) is 0 Å². The Morgan fingerprint density at radius 3 is 2.75 bits per heavy atom. The maximum atomic E-state index is 6.02. The molecule has 1 fully saturated rings. The third-order valence-electron chi connectivity index (χ3n) is 4.75. The topological polar surface area (TPSA) is 46.8 Å². The van der Waals surface area contributed by atoms with Gasteiger partial charge in [-0.3, -0.25) is 4.68 Å². The number of aromatic nitrogens is 4. The van der Waals surface area contributed by atoms with Crippen molar-refractivity contribution in [1.82, 2.24) is 19.7 Å². The van der Waals surface area contributed by atoms with Gasteiger partial charge in [0.1, 0.15) is 11.6 Å². The van der Waals surface area contributed by atoms with Gasteiger partial charge < -0.3 is 4.90 Å². The predicted molar refractivity (Wildman–Crippen MR) is 96.7 cm³/mol. The number of hydrogen-bond donors (Lipinski definition) is 0. The van der Waals surface area contributed by atoms with Crippen LogP contribution in [0.3, 0.4) is 0 Å². The summed E-state index contributed by atoms with van der Waals surface area (Å²) in [6.07, 6.45) is 4.21. The zero-order valence-corrected chi connectivity index (χ0v) is 14.7. The molecule has 0 saturated carbocycles. The molecule has 0 unspecified atom stereocenters. The minimum Gasteiger partial charge on any atom is -0.355 e. The number of nitrogens with zero attached hydrogens (tertiary/aromatic N) is 5. The van der Waals surface area contributed by atoms with E-state index in [1.165, 1.54) is 12.0 Å². The fraction of sp³-hybridized carbons (Fsp3) is 0.389. The molecule has 0 aliphatic carbocycles. The Morgan fingerprint density at radius 1 is 1.17 bits per heavy atom. The highest BCUT2D eigenvalue weighted by Crippen LogP contribution is 2.32. The third kappa shape index (κ3) is 2.73. The minimum atomic E-state index is 0.498. The van der Waals surface area contributed by atoms with Crippen LogP contribution in [0.15, 0.2) is 30.5 Å². The van der Waals surface area contributed by atoms with Gasteiger partial charge in [0.05, 0.1) is 11.6 Å². The Morgan fingerprint density at radius 2 is 1.96 bits per heavy atom. The molecule has 24 heavy (non-hydrogen) atoms. The van der Waals surface area contributed by atoms with Crippen molar-refractivity contribution in [2.75, 3.05) is 18.0 Å². The molecule has 0 amide bonds. The van der Waals surface area contributed by atoms with Gasteiger partial charge in [-0.15, -0.1) is 0 Å². The van der Waals surface area contributed by atoms with Gasteiger partial charge in [0.2, 0.25) is 0 Å². The Bertz CT molecular complexity index is 871. The van der Waals surface area contributed by atoms with Crippen LogP contribution in [0.1, 0.15) is 30.1 Å². The molecule has 0 N–H and O–H groups in total. The molecular weight excluding hydrogens is 322 g/mol. The second-order valence-electron chi connectivity index (χ2n) is 6.44. The first-order chi connectivity index (χ1) is 11.6. The van der Waals surface area contributed by atoms with E-state index in [0.29, 0.717) is 5.92 Å². The van der Waals surface area contributed by atoms with Crippen LogP contribution in [0.2, 0.25) is 5.02 Å². The van der Waals surface area contributed by atoms with Crippen LogP contribution < -0.4 is 4.90 Å². The molecule has 1 aliphatic heterocycles. The maximum Gasteiger partial charge on any atom is 0.163 e. The molecule has 0 bridgehead atoms. The van der Waals surface area contributed by atoms with Crippen molar-refractivity contribution in [2.45, 2.75) is 25.7 Å². The SMILES string of the molecule is Cc1nc(N2CCC[C@H](c3ccc(Cl)cc3)C2)c2cnn(C)c2n1. The molecule has 6 heteroatoms. The highest BCUT2D eigenvalue weighted by molar-refractivity contribution is 6.30. The van der Waals surface area contributed by atoms with Gasteiger partial charge in [0.25, 0.3) is 0 Å². The van der Waals surface area contributed by atoms with Crippen molar-refractivity contribution in [3.63, 3.8) is 0 Å². The number of fused-ring (bicyclic) bond motifs is 1. The zero-order valence-electron chi connectivity index (χ0n) is 13.9. The first kappa shape index (κ1) is 15.4. The molecule has 1 atom stereocenters. The molecule has 2 aromatic heterocycles. The first-order valence-electron chi connectivity index (χ1n) is 8.28. The Hall–Kier alpha value is -2.14. The smallest absolute Gasteiger partial charge is 0.163 e. The Balaban J connectivity index is 1.68. The van der Waals surface area contributed by atoms with Crippen molar-refractivity contribution < 1.29 is 0 Å². The summed E-state index contributed by atoms with van der Waals surface area (Å²) in [7, 11) is 1.92. The van der Waals surface area contributed by atoms with E-state index in [-0.39, 0.29) is 0 Å². The van der Waals surface area contributed by atoms with E-state index in [2.05, 4.69) is 27.1 Å². The molecule has 0 spiro atoms. The number of halogens is 1. The Labute approximate surface area is 146 Å². The number of anilines is 1. The lowest BCUT2D eigenvalue weighted by molar-refractivity contribution is 0.507. The van der Waals surface area contributed by atoms with E-state index >= 15 is 0 Å². The molecule has 1 saturated heterocycles. The van der Waals surface area contributed by atoms with Crippen LogP contribution >= 0.6 is 11.6 Å². The van der Waals surface area contributed by atoms with E-state index in [4.69, 9.17) is 16.6 Å².